The van der Waals surface area contributed by atoms with E-state index in [1.165, 1.54) is 0 Å². The van der Waals surface area contributed by atoms with Crippen molar-refractivity contribution >= 4 is 17.3 Å². The zero-order valence-electron chi connectivity index (χ0n) is 14.9. The highest BCUT2D eigenvalue weighted by Gasteiger charge is 2.06. The zero-order valence-corrected chi connectivity index (χ0v) is 15.7. The van der Waals surface area contributed by atoms with E-state index in [1.807, 2.05) is 0 Å². The van der Waals surface area contributed by atoms with Crippen molar-refractivity contribution in [2.24, 2.45) is 4.99 Å². The summed E-state index contributed by atoms with van der Waals surface area (Å²) in [4.78, 5) is 9.24. The monoisotopic (exact) mass is 349 g/mol. The second-order valence-electron chi connectivity index (χ2n) is 5.74. The van der Waals surface area contributed by atoms with Crippen LogP contribution in [0.3, 0.4) is 0 Å². The van der Waals surface area contributed by atoms with Crippen LogP contribution in [0.5, 0.6) is 0 Å². The van der Waals surface area contributed by atoms with E-state index in [9.17, 15) is 0 Å². The van der Waals surface area contributed by atoms with Gasteiger partial charge in [-0.25, -0.2) is 9.98 Å². The van der Waals surface area contributed by atoms with Crippen molar-refractivity contribution in [2.75, 3.05) is 13.1 Å². The Morgan fingerprint density at radius 2 is 2.17 bits per heavy atom. The maximum absolute atomic E-state index is 4.62. The Bertz CT molecular complexity index is 644. The van der Waals surface area contributed by atoms with E-state index in [0.29, 0.717) is 12.5 Å². The highest BCUT2D eigenvalue weighted by atomic mass is 32.1. The topological polar surface area (TPSA) is 80.0 Å². The first-order valence-corrected chi connectivity index (χ1v) is 9.35. The Morgan fingerprint density at radius 1 is 1.33 bits per heavy atom. The van der Waals surface area contributed by atoms with Crippen molar-refractivity contribution < 1.29 is 0 Å². The summed E-state index contributed by atoms with van der Waals surface area (Å²) in [6.07, 6.45) is 2.66. The second-order valence-corrected chi connectivity index (χ2v) is 6.68. The first kappa shape index (κ1) is 18.4. The Kier molecular flexibility index (Phi) is 7.17. The quantitative estimate of drug-likeness (QED) is 0.564. The van der Waals surface area contributed by atoms with Gasteiger partial charge in [0.05, 0.1) is 12.2 Å². The molecule has 0 aliphatic rings. The first-order chi connectivity index (χ1) is 11.6. The summed E-state index contributed by atoms with van der Waals surface area (Å²) in [6, 6.07) is 0. The third-order valence-electron chi connectivity index (χ3n) is 3.53. The van der Waals surface area contributed by atoms with Gasteiger partial charge >= 0.3 is 0 Å². The number of nitrogens with zero attached hydrogens (tertiary/aromatic N) is 5. The number of aliphatic imine (C=N–C) groups is 1. The molecule has 0 bridgehead atoms. The van der Waals surface area contributed by atoms with E-state index in [4.69, 9.17) is 0 Å². The molecule has 0 fully saturated rings. The summed E-state index contributed by atoms with van der Waals surface area (Å²) in [5.41, 5.74) is 1.14. The molecule has 2 N–H and O–H groups in total. The smallest absolute Gasteiger partial charge is 0.191 e. The van der Waals surface area contributed by atoms with Crippen LogP contribution in [-0.4, -0.2) is 38.8 Å². The lowest BCUT2D eigenvalue weighted by molar-refractivity contribution is 0.632. The number of aryl methyl sites for hydroxylation is 1. The summed E-state index contributed by atoms with van der Waals surface area (Å²) >= 11 is 1.67. The van der Waals surface area contributed by atoms with E-state index in [2.05, 4.69) is 68.4 Å². The Hall–Kier alpha value is -1.96. The van der Waals surface area contributed by atoms with Crippen LogP contribution in [0.4, 0.5) is 0 Å². The van der Waals surface area contributed by atoms with Crippen molar-refractivity contribution in [3.05, 3.63) is 28.2 Å². The third-order valence-corrected chi connectivity index (χ3v) is 4.39. The first-order valence-electron chi connectivity index (χ1n) is 8.47. The molecular formula is C16H27N7S. The van der Waals surface area contributed by atoms with E-state index in [0.717, 1.165) is 48.5 Å². The number of hydrogen-bond acceptors (Lipinski definition) is 5. The molecule has 0 spiro atoms. The van der Waals surface area contributed by atoms with Gasteiger partial charge in [-0.2, -0.15) is 0 Å². The fraction of sp³-hybridized carbons (Fsp3) is 0.625. The molecule has 8 heteroatoms. The van der Waals surface area contributed by atoms with Gasteiger partial charge in [-0.1, -0.05) is 20.8 Å². The number of guanidine groups is 1. The fourth-order valence-electron chi connectivity index (χ4n) is 2.19. The molecule has 0 aliphatic heterocycles. The van der Waals surface area contributed by atoms with Crippen molar-refractivity contribution in [3.8, 4) is 0 Å². The molecule has 0 atom stereocenters. The molecule has 2 rings (SSSR count). The zero-order chi connectivity index (χ0) is 17.4. The van der Waals surface area contributed by atoms with Crippen molar-refractivity contribution in [2.45, 2.75) is 53.1 Å². The molecule has 0 saturated heterocycles. The highest BCUT2D eigenvalue weighted by Crippen LogP contribution is 2.18. The van der Waals surface area contributed by atoms with Crippen LogP contribution >= 0.6 is 11.3 Å². The number of nitrogens with one attached hydrogen (secondary N) is 2. The second kappa shape index (κ2) is 9.36. The third kappa shape index (κ3) is 5.30. The lowest BCUT2D eigenvalue weighted by atomic mass is 10.2. The summed E-state index contributed by atoms with van der Waals surface area (Å²) < 4.78 is 2.06. The summed E-state index contributed by atoms with van der Waals surface area (Å²) in [6.45, 7) is 11.5. The van der Waals surface area contributed by atoms with E-state index in [-0.39, 0.29) is 0 Å². The molecule has 0 amide bonds. The van der Waals surface area contributed by atoms with E-state index < -0.39 is 0 Å². The number of thiazole rings is 1. The van der Waals surface area contributed by atoms with Crippen LogP contribution in [0, 0.1) is 0 Å². The van der Waals surface area contributed by atoms with Gasteiger partial charge in [0, 0.05) is 31.4 Å². The van der Waals surface area contributed by atoms with Gasteiger partial charge in [0.25, 0.3) is 0 Å². The van der Waals surface area contributed by atoms with Gasteiger partial charge in [-0.3, -0.25) is 0 Å². The molecule has 0 unspecified atom stereocenters. The Balaban J connectivity index is 1.88. The van der Waals surface area contributed by atoms with Gasteiger partial charge in [-0.15, -0.1) is 21.5 Å². The van der Waals surface area contributed by atoms with Gasteiger partial charge in [0.15, 0.2) is 5.96 Å². The van der Waals surface area contributed by atoms with Crippen LogP contribution in [0.2, 0.25) is 0 Å². The molecule has 7 nitrogen and oxygen atoms in total. The number of aromatic nitrogens is 4. The van der Waals surface area contributed by atoms with Crippen LogP contribution < -0.4 is 10.6 Å². The summed E-state index contributed by atoms with van der Waals surface area (Å²) in [7, 11) is 0. The van der Waals surface area contributed by atoms with E-state index in [1.54, 1.807) is 17.7 Å². The summed E-state index contributed by atoms with van der Waals surface area (Å²) in [5.74, 6) is 2.27. The minimum absolute atomic E-state index is 0.460. The predicted octanol–water partition coefficient (Wildman–Crippen LogP) is 2.18. The van der Waals surface area contributed by atoms with Crippen molar-refractivity contribution in [3.63, 3.8) is 0 Å². The maximum atomic E-state index is 4.62. The standard InChI is InChI=1S/C16H27N7S/c1-5-14-22-20-11-23(14)8-7-18-16(17-6-2)19-9-15-21-13(10-24-15)12(3)4/h10-12H,5-9H2,1-4H3,(H2,17,18,19). The molecule has 0 saturated carbocycles. The molecule has 24 heavy (non-hydrogen) atoms. The van der Waals surface area contributed by atoms with Crippen LogP contribution in [-0.2, 0) is 19.5 Å². The molecule has 0 aromatic carbocycles. The fourth-order valence-corrected chi connectivity index (χ4v) is 3.06. The molecule has 132 valence electrons. The Labute approximate surface area is 147 Å². The minimum atomic E-state index is 0.460. The van der Waals surface area contributed by atoms with Gasteiger partial charge in [-0.05, 0) is 12.8 Å². The molecule has 2 heterocycles. The van der Waals surface area contributed by atoms with Crippen molar-refractivity contribution in [1.82, 2.24) is 30.4 Å². The van der Waals surface area contributed by atoms with Gasteiger partial charge < -0.3 is 15.2 Å². The van der Waals surface area contributed by atoms with E-state index >= 15 is 0 Å². The summed E-state index contributed by atoms with van der Waals surface area (Å²) in [5, 5.41) is 17.8. The molecule has 2 aromatic heterocycles. The van der Waals surface area contributed by atoms with Crippen LogP contribution in [0.1, 0.15) is 50.1 Å². The normalized spacial score (nSPS) is 12.0. The molecular weight excluding hydrogens is 322 g/mol. The molecule has 0 aliphatic carbocycles. The molecule has 0 radical (unpaired) electrons. The van der Waals surface area contributed by atoms with Crippen LogP contribution in [0.15, 0.2) is 16.7 Å². The number of hydrogen-bond donors (Lipinski definition) is 2. The Morgan fingerprint density at radius 3 is 2.83 bits per heavy atom. The lowest BCUT2D eigenvalue weighted by Gasteiger charge is -2.11. The van der Waals surface area contributed by atoms with Gasteiger partial charge in [0.1, 0.15) is 17.2 Å². The SMILES string of the molecule is CCNC(=NCc1nc(C(C)C)cs1)NCCn1cnnc1CC. The van der Waals surface area contributed by atoms with Crippen LogP contribution in [0.25, 0.3) is 0 Å². The predicted molar refractivity (Wildman–Crippen MR) is 98.4 cm³/mol. The molecule has 2 aromatic rings. The largest absolute Gasteiger partial charge is 0.357 e. The van der Waals surface area contributed by atoms with Crippen molar-refractivity contribution in [1.29, 1.82) is 0 Å². The highest BCUT2D eigenvalue weighted by molar-refractivity contribution is 7.09. The minimum Gasteiger partial charge on any atom is -0.357 e. The lowest BCUT2D eigenvalue weighted by Crippen LogP contribution is -2.38. The maximum Gasteiger partial charge on any atom is 0.191 e. The average molecular weight is 350 g/mol. The van der Waals surface area contributed by atoms with Gasteiger partial charge in [0.2, 0.25) is 0 Å². The number of rotatable bonds is 8. The average Bonchev–Trinajstić information content (AvgIpc) is 3.21.